The molecular formula is C11H20OS. The van der Waals surface area contributed by atoms with E-state index >= 15 is 0 Å². The monoisotopic (exact) mass is 200 g/mol. The first-order chi connectivity index (χ1) is 6.27. The number of aliphatic hydroxyl groups is 1. The van der Waals surface area contributed by atoms with Gasteiger partial charge in [0.15, 0.2) is 0 Å². The van der Waals surface area contributed by atoms with Crippen LogP contribution in [0.5, 0.6) is 0 Å². The zero-order valence-electron chi connectivity index (χ0n) is 8.62. The summed E-state index contributed by atoms with van der Waals surface area (Å²) in [5, 5.41) is 10.1. The molecule has 0 spiro atoms. The fraction of sp³-hybridized carbons (Fsp3) is 1.00. The molecule has 2 saturated carbocycles. The third-order valence-electron chi connectivity index (χ3n) is 4.08. The molecule has 2 heteroatoms. The molecule has 2 aliphatic carbocycles. The third-order valence-corrected chi connectivity index (χ3v) is 5.66. The molecule has 0 heterocycles. The lowest BCUT2D eigenvalue weighted by atomic mass is 10.0. The predicted molar refractivity (Wildman–Crippen MR) is 58.0 cm³/mol. The van der Waals surface area contributed by atoms with Crippen molar-refractivity contribution in [2.24, 2.45) is 11.8 Å². The lowest BCUT2D eigenvalue weighted by Gasteiger charge is -2.21. The van der Waals surface area contributed by atoms with E-state index in [1.54, 1.807) is 0 Å². The van der Waals surface area contributed by atoms with Gasteiger partial charge in [-0.25, -0.2) is 0 Å². The number of hydrogen-bond acceptors (Lipinski definition) is 2. The molecule has 0 saturated heterocycles. The van der Waals surface area contributed by atoms with Crippen LogP contribution < -0.4 is 0 Å². The Balaban J connectivity index is 2.10. The summed E-state index contributed by atoms with van der Waals surface area (Å²) < 4.78 is 0.269. The largest absolute Gasteiger partial charge is 0.392 e. The second-order valence-electron chi connectivity index (χ2n) is 4.48. The Morgan fingerprint density at radius 3 is 2.31 bits per heavy atom. The molecule has 2 rings (SSSR count). The molecule has 13 heavy (non-hydrogen) atoms. The molecule has 1 N–H and O–H groups in total. The van der Waals surface area contributed by atoms with E-state index in [-0.39, 0.29) is 10.9 Å². The summed E-state index contributed by atoms with van der Waals surface area (Å²) in [7, 11) is 0. The zero-order valence-corrected chi connectivity index (χ0v) is 9.44. The van der Waals surface area contributed by atoms with Crippen LogP contribution in [0, 0.1) is 11.8 Å². The first-order valence-electron chi connectivity index (χ1n) is 5.50. The van der Waals surface area contributed by atoms with Gasteiger partial charge < -0.3 is 5.11 Å². The average Bonchev–Trinajstić information content (AvgIpc) is 2.86. The van der Waals surface area contributed by atoms with Crippen LogP contribution in [0.3, 0.4) is 0 Å². The Bertz CT molecular complexity index is 181. The maximum absolute atomic E-state index is 10.1. The molecule has 0 aromatic carbocycles. The zero-order chi connectivity index (χ0) is 9.47. The van der Waals surface area contributed by atoms with E-state index < -0.39 is 0 Å². The van der Waals surface area contributed by atoms with E-state index in [1.165, 1.54) is 25.7 Å². The van der Waals surface area contributed by atoms with Crippen molar-refractivity contribution in [1.82, 2.24) is 0 Å². The van der Waals surface area contributed by atoms with Crippen molar-refractivity contribution < 1.29 is 5.11 Å². The normalized spacial score (nSPS) is 45.5. The van der Waals surface area contributed by atoms with Crippen LogP contribution >= 0.6 is 11.8 Å². The summed E-state index contributed by atoms with van der Waals surface area (Å²) in [6.07, 6.45) is 8.55. The lowest BCUT2D eigenvalue weighted by molar-refractivity contribution is 0.150. The highest BCUT2D eigenvalue weighted by molar-refractivity contribution is 8.00. The highest BCUT2D eigenvalue weighted by atomic mass is 32.2. The Labute approximate surface area is 85.3 Å². The van der Waals surface area contributed by atoms with Crippen molar-refractivity contribution in [3.05, 3.63) is 0 Å². The van der Waals surface area contributed by atoms with E-state index in [9.17, 15) is 5.11 Å². The van der Waals surface area contributed by atoms with Crippen molar-refractivity contribution in [2.45, 2.75) is 49.9 Å². The Kier molecular flexibility index (Phi) is 2.63. The maximum Gasteiger partial charge on any atom is 0.0689 e. The molecule has 0 aromatic rings. The third kappa shape index (κ3) is 1.25. The van der Waals surface area contributed by atoms with E-state index in [0.29, 0.717) is 0 Å². The molecule has 3 atom stereocenters. The van der Waals surface area contributed by atoms with Gasteiger partial charge in [0.1, 0.15) is 0 Å². The van der Waals surface area contributed by atoms with Gasteiger partial charge in [0.2, 0.25) is 0 Å². The van der Waals surface area contributed by atoms with Gasteiger partial charge >= 0.3 is 0 Å². The molecule has 1 nitrogen and oxygen atoms in total. The van der Waals surface area contributed by atoms with E-state index in [1.807, 2.05) is 11.8 Å². The van der Waals surface area contributed by atoms with Gasteiger partial charge in [0, 0.05) is 4.75 Å². The summed E-state index contributed by atoms with van der Waals surface area (Å²) in [4.78, 5) is 0. The first kappa shape index (κ1) is 9.85. The average molecular weight is 200 g/mol. The highest BCUT2D eigenvalue weighted by Crippen LogP contribution is 2.67. The van der Waals surface area contributed by atoms with Crippen LogP contribution in [0.15, 0.2) is 0 Å². The fourth-order valence-electron chi connectivity index (χ4n) is 3.37. The smallest absolute Gasteiger partial charge is 0.0689 e. The molecule has 0 amide bonds. The van der Waals surface area contributed by atoms with Gasteiger partial charge in [0.05, 0.1) is 6.10 Å². The second kappa shape index (κ2) is 3.47. The molecule has 3 unspecified atom stereocenters. The highest BCUT2D eigenvalue weighted by Gasteiger charge is 2.66. The Morgan fingerprint density at radius 1 is 1.38 bits per heavy atom. The topological polar surface area (TPSA) is 20.2 Å². The molecule has 76 valence electrons. The minimum Gasteiger partial charge on any atom is -0.392 e. The summed E-state index contributed by atoms with van der Waals surface area (Å²) in [6, 6.07) is 0. The number of aliphatic hydroxyl groups excluding tert-OH is 1. The van der Waals surface area contributed by atoms with Crippen LogP contribution in [-0.4, -0.2) is 22.2 Å². The van der Waals surface area contributed by atoms with Crippen LogP contribution in [-0.2, 0) is 0 Å². The summed E-state index contributed by atoms with van der Waals surface area (Å²) in [5.74, 6) is 1.68. The minimum absolute atomic E-state index is 0.0596. The van der Waals surface area contributed by atoms with Crippen molar-refractivity contribution >= 4 is 11.8 Å². The lowest BCUT2D eigenvalue weighted by Crippen LogP contribution is -2.27. The van der Waals surface area contributed by atoms with Gasteiger partial charge in [-0.05, 0) is 37.4 Å². The van der Waals surface area contributed by atoms with Gasteiger partial charge in [0.25, 0.3) is 0 Å². The number of hydrogen-bond donors (Lipinski definition) is 1. The molecule has 2 aliphatic rings. The summed E-state index contributed by atoms with van der Waals surface area (Å²) in [6.45, 7) is 2.10. The Morgan fingerprint density at radius 2 is 1.92 bits per heavy atom. The van der Waals surface area contributed by atoms with Crippen molar-refractivity contribution in [1.29, 1.82) is 0 Å². The van der Waals surface area contributed by atoms with Crippen LogP contribution in [0.4, 0.5) is 0 Å². The maximum atomic E-state index is 10.1. The van der Waals surface area contributed by atoms with E-state index in [2.05, 4.69) is 13.2 Å². The summed E-state index contributed by atoms with van der Waals surface area (Å²) >= 11 is 1.93. The fourth-order valence-corrected chi connectivity index (χ4v) is 4.91. The van der Waals surface area contributed by atoms with Crippen molar-refractivity contribution in [3.8, 4) is 0 Å². The number of fused-ring (bicyclic) bond motifs is 1. The molecule has 2 fully saturated rings. The van der Waals surface area contributed by atoms with Crippen LogP contribution in [0.2, 0.25) is 0 Å². The van der Waals surface area contributed by atoms with Crippen molar-refractivity contribution in [3.63, 3.8) is 0 Å². The van der Waals surface area contributed by atoms with E-state index in [0.717, 1.165) is 18.3 Å². The second-order valence-corrected chi connectivity index (χ2v) is 5.59. The Hall–Kier alpha value is 0.310. The number of rotatable bonds is 3. The molecule has 0 aliphatic heterocycles. The van der Waals surface area contributed by atoms with Gasteiger partial charge in [-0.2, -0.15) is 11.8 Å². The number of thioether (sulfide) groups is 1. The van der Waals surface area contributed by atoms with E-state index in [4.69, 9.17) is 0 Å². The summed E-state index contributed by atoms with van der Waals surface area (Å²) in [5.41, 5.74) is 0. The van der Waals surface area contributed by atoms with Gasteiger partial charge in [-0.15, -0.1) is 0 Å². The quantitative estimate of drug-likeness (QED) is 0.756. The van der Waals surface area contributed by atoms with Crippen molar-refractivity contribution in [2.75, 3.05) is 6.26 Å². The van der Waals surface area contributed by atoms with Gasteiger partial charge in [-0.1, -0.05) is 19.8 Å². The van der Waals surface area contributed by atoms with Crippen LogP contribution in [0.1, 0.15) is 39.0 Å². The predicted octanol–water partition coefficient (Wildman–Crippen LogP) is 2.68. The molecule has 0 aromatic heterocycles. The first-order valence-corrected chi connectivity index (χ1v) is 6.73. The van der Waals surface area contributed by atoms with Gasteiger partial charge in [-0.3, -0.25) is 0 Å². The molecular weight excluding hydrogens is 180 g/mol. The molecule has 0 radical (unpaired) electrons. The minimum atomic E-state index is -0.0596. The SMILES string of the molecule is CCC(O)C1(SC)C2CCCCC21. The molecule has 0 bridgehead atoms. The standard InChI is InChI=1S/C11H20OS/c1-3-10(12)11(13-2)8-6-4-5-7-9(8)11/h8-10,12H,3-7H2,1-2H3. The van der Waals surface area contributed by atoms with Crippen LogP contribution in [0.25, 0.3) is 0 Å².